The first-order valence-corrected chi connectivity index (χ1v) is 4.65. The van der Waals surface area contributed by atoms with Gasteiger partial charge in [0.2, 0.25) is 5.88 Å². The summed E-state index contributed by atoms with van der Waals surface area (Å²) in [6.45, 7) is 1.89. The summed E-state index contributed by atoms with van der Waals surface area (Å²) in [5.41, 5.74) is 0.878. The molecule has 0 radical (unpaired) electrons. The van der Waals surface area contributed by atoms with Crippen molar-refractivity contribution in [3.05, 3.63) is 48.2 Å². The van der Waals surface area contributed by atoms with E-state index in [4.69, 9.17) is 4.74 Å². The molecule has 0 fully saturated rings. The van der Waals surface area contributed by atoms with Gasteiger partial charge in [-0.15, -0.1) is 0 Å². The standard InChI is InChI=1S/C12H11NO2/c1-9-5-4-8-12(13-9)15-11-7-3-2-6-10(11)14/h2-8,14H,1H3. The zero-order chi connectivity index (χ0) is 10.7. The third-order valence-electron chi connectivity index (χ3n) is 1.94. The molecule has 0 amide bonds. The molecule has 1 heterocycles. The van der Waals surface area contributed by atoms with E-state index in [-0.39, 0.29) is 5.75 Å². The third kappa shape index (κ3) is 2.26. The van der Waals surface area contributed by atoms with Gasteiger partial charge in [-0.2, -0.15) is 0 Å². The first kappa shape index (κ1) is 9.52. The fourth-order valence-corrected chi connectivity index (χ4v) is 1.23. The van der Waals surface area contributed by atoms with Crippen molar-refractivity contribution in [3.8, 4) is 17.4 Å². The lowest BCUT2D eigenvalue weighted by Gasteiger charge is -2.06. The second kappa shape index (κ2) is 4.00. The molecule has 0 atom stereocenters. The fourth-order valence-electron chi connectivity index (χ4n) is 1.23. The van der Waals surface area contributed by atoms with Crippen LogP contribution in [0.3, 0.4) is 0 Å². The minimum atomic E-state index is 0.112. The van der Waals surface area contributed by atoms with Crippen LogP contribution in [0.4, 0.5) is 0 Å². The van der Waals surface area contributed by atoms with E-state index in [9.17, 15) is 5.11 Å². The summed E-state index contributed by atoms with van der Waals surface area (Å²) in [6, 6.07) is 12.3. The van der Waals surface area contributed by atoms with Crippen molar-refractivity contribution in [1.29, 1.82) is 0 Å². The van der Waals surface area contributed by atoms with E-state index in [1.165, 1.54) is 0 Å². The number of phenols is 1. The summed E-state index contributed by atoms with van der Waals surface area (Å²) < 4.78 is 5.43. The van der Waals surface area contributed by atoms with Gasteiger partial charge in [0.15, 0.2) is 11.5 Å². The predicted molar refractivity (Wildman–Crippen MR) is 57.2 cm³/mol. The SMILES string of the molecule is Cc1cccc(Oc2ccccc2O)n1. The van der Waals surface area contributed by atoms with E-state index in [2.05, 4.69) is 4.98 Å². The Morgan fingerprint density at radius 1 is 1.07 bits per heavy atom. The molecule has 3 nitrogen and oxygen atoms in total. The average molecular weight is 201 g/mol. The van der Waals surface area contributed by atoms with Gasteiger partial charge in [-0.1, -0.05) is 18.2 Å². The number of pyridine rings is 1. The normalized spacial score (nSPS) is 9.93. The largest absolute Gasteiger partial charge is 0.504 e. The summed E-state index contributed by atoms with van der Waals surface area (Å²) in [5, 5.41) is 9.49. The highest BCUT2D eigenvalue weighted by Gasteiger charge is 2.02. The number of aromatic nitrogens is 1. The van der Waals surface area contributed by atoms with Crippen LogP contribution in [0.25, 0.3) is 0 Å². The second-order valence-electron chi connectivity index (χ2n) is 3.19. The van der Waals surface area contributed by atoms with E-state index in [0.717, 1.165) is 5.69 Å². The number of nitrogens with zero attached hydrogens (tertiary/aromatic N) is 1. The number of para-hydroxylation sites is 2. The van der Waals surface area contributed by atoms with Gasteiger partial charge in [-0.05, 0) is 25.1 Å². The highest BCUT2D eigenvalue weighted by atomic mass is 16.5. The van der Waals surface area contributed by atoms with E-state index < -0.39 is 0 Å². The smallest absolute Gasteiger partial charge is 0.219 e. The van der Waals surface area contributed by atoms with Crippen LogP contribution in [0.1, 0.15) is 5.69 Å². The molecule has 3 heteroatoms. The van der Waals surface area contributed by atoms with Crippen molar-refractivity contribution in [1.82, 2.24) is 4.98 Å². The predicted octanol–water partition coefficient (Wildman–Crippen LogP) is 2.89. The fraction of sp³-hybridized carbons (Fsp3) is 0.0833. The Morgan fingerprint density at radius 2 is 1.87 bits per heavy atom. The maximum atomic E-state index is 9.49. The highest BCUT2D eigenvalue weighted by Crippen LogP contribution is 2.28. The molecule has 0 saturated carbocycles. The summed E-state index contributed by atoms with van der Waals surface area (Å²) >= 11 is 0. The van der Waals surface area contributed by atoms with Crippen molar-refractivity contribution in [2.75, 3.05) is 0 Å². The van der Waals surface area contributed by atoms with Crippen LogP contribution in [0.5, 0.6) is 17.4 Å². The van der Waals surface area contributed by atoms with Gasteiger partial charge in [-0.3, -0.25) is 0 Å². The van der Waals surface area contributed by atoms with Gasteiger partial charge >= 0.3 is 0 Å². The van der Waals surface area contributed by atoms with Crippen LogP contribution in [0, 0.1) is 6.92 Å². The Kier molecular flexibility index (Phi) is 2.54. The quantitative estimate of drug-likeness (QED) is 0.812. The van der Waals surface area contributed by atoms with E-state index >= 15 is 0 Å². The summed E-state index contributed by atoms with van der Waals surface area (Å²) in [6.07, 6.45) is 0. The third-order valence-corrected chi connectivity index (χ3v) is 1.94. The van der Waals surface area contributed by atoms with Crippen molar-refractivity contribution < 1.29 is 9.84 Å². The Hall–Kier alpha value is -2.03. The van der Waals surface area contributed by atoms with Gasteiger partial charge in [0.05, 0.1) is 0 Å². The molecule has 2 aromatic rings. The minimum absolute atomic E-state index is 0.112. The van der Waals surface area contributed by atoms with E-state index in [1.54, 1.807) is 30.3 Å². The lowest BCUT2D eigenvalue weighted by Crippen LogP contribution is -1.89. The number of phenolic OH excluding ortho intramolecular Hbond substituents is 1. The second-order valence-corrected chi connectivity index (χ2v) is 3.19. The van der Waals surface area contributed by atoms with Crippen molar-refractivity contribution in [2.24, 2.45) is 0 Å². The van der Waals surface area contributed by atoms with Crippen LogP contribution in [0.15, 0.2) is 42.5 Å². The van der Waals surface area contributed by atoms with Crippen molar-refractivity contribution >= 4 is 0 Å². The van der Waals surface area contributed by atoms with Crippen molar-refractivity contribution in [3.63, 3.8) is 0 Å². The van der Waals surface area contributed by atoms with E-state index in [0.29, 0.717) is 11.6 Å². The first-order valence-electron chi connectivity index (χ1n) is 4.65. The molecule has 0 bridgehead atoms. The Bertz CT molecular complexity index is 469. The number of aromatic hydroxyl groups is 1. The molecular weight excluding hydrogens is 190 g/mol. The summed E-state index contributed by atoms with van der Waals surface area (Å²) in [5.74, 6) is 1.01. The molecule has 0 aliphatic rings. The highest BCUT2D eigenvalue weighted by molar-refractivity contribution is 5.40. The average Bonchev–Trinajstić information content (AvgIpc) is 2.22. The van der Waals surface area contributed by atoms with Crippen LogP contribution >= 0.6 is 0 Å². The number of hydrogen-bond donors (Lipinski definition) is 1. The number of rotatable bonds is 2. The topological polar surface area (TPSA) is 42.4 Å². The summed E-state index contributed by atoms with van der Waals surface area (Å²) in [7, 11) is 0. The van der Waals surface area contributed by atoms with Gasteiger partial charge in [0.25, 0.3) is 0 Å². The maximum Gasteiger partial charge on any atom is 0.219 e. The van der Waals surface area contributed by atoms with Crippen LogP contribution in [0.2, 0.25) is 0 Å². The molecule has 15 heavy (non-hydrogen) atoms. The van der Waals surface area contributed by atoms with Crippen LogP contribution < -0.4 is 4.74 Å². The molecule has 0 unspecified atom stereocenters. The van der Waals surface area contributed by atoms with E-state index in [1.807, 2.05) is 19.1 Å². The molecular formula is C12H11NO2. The number of benzene rings is 1. The van der Waals surface area contributed by atoms with Gasteiger partial charge in [-0.25, -0.2) is 4.98 Å². The van der Waals surface area contributed by atoms with Gasteiger partial charge in [0.1, 0.15) is 0 Å². The first-order chi connectivity index (χ1) is 7.25. The molecule has 0 aliphatic heterocycles. The van der Waals surface area contributed by atoms with Crippen LogP contribution in [-0.2, 0) is 0 Å². The zero-order valence-corrected chi connectivity index (χ0v) is 8.34. The summed E-state index contributed by atoms with van der Waals surface area (Å²) in [4.78, 5) is 4.18. The molecule has 1 aromatic heterocycles. The molecule has 1 N–H and O–H groups in total. The van der Waals surface area contributed by atoms with Crippen LogP contribution in [-0.4, -0.2) is 10.1 Å². The number of hydrogen-bond acceptors (Lipinski definition) is 3. The Labute approximate surface area is 88.0 Å². The molecule has 0 saturated heterocycles. The van der Waals surface area contributed by atoms with Crippen molar-refractivity contribution in [2.45, 2.75) is 6.92 Å². The van der Waals surface area contributed by atoms with Gasteiger partial charge in [0, 0.05) is 11.8 Å². The minimum Gasteiger partial charge on any atom is -0.504 e. The zero-order valence-electron chi connectivity index (χ0n) is 8.34. The molecule has 0 aliphatic carbocycles. The maximum absolute atomic E-state index is 9.49. The number of ether oxygens (including phenoxy) is 1. The Balaban J connectivity index is 2.26. The molecule has 0 spiro atoms. The molecule has 1 aromatic carbocycles. The number of aryl methyl sites for hydroxylation is 1. The molecule has 2 rings (SSSR count). The Morgan fingerprint density at radius 3 is 2.60 bits per heavy atom. The molecule has 76 valence electrons. The monoisotopic (exact) mass is 201 g/mol. The van der Waals surface area contributed by atoms with Gasteiger partial charge < -0.3 is 9.84 Å². The lowest BCUT2D eigenvalue weighted by molar-refractivity contribution is 0.402. The lowest BCUT2D eigenvalue weighted by atomic mass is 10.3.